The summed E-state index contributed by atoms with van der Waals surface area (Å²) in [5.74, 6) is -0.804. The first kappa shape index (κ1) is 20.2. The Balaban J connectivity index is 1.87. The number of aryl methyl sites for hydroxylation is 2. The van der Waals surface area contributed by atoms with Crippen molar-refractivity contribution in [2.75, 3.05) is 20.1 Å². The van der Waals surface area contributed by atoms with Crippen molar-refractivity contribution in [2.45, 2.75) is 58.7 Å². The summed E-state index contributed by atoms with van der Waals surface area (Å²) < 4.78 is 0. The Bertz CT molecular complexity index is 656. The summed E-state index contributed by atoms with van der Waals surface area (Å²) in [5, 5.41) is 12.0. The zero-order valence-electron chi connectivity index (χ0n) is 16.5. The van der Waals surface area contributed by atoms with E-state index in [1.54, 1.807) is 4.90 Å². The van der Waals surface area contributed by atoms with E-state index in [1.807, 2.05) is 25.8 Å². The van der Waals surface area contributed by atoms with E-state index in [-0.39, 0.29) is 30.7 Å². The van der Waals surface area contributed by atoms with Crippen LogP contribution in [0.3, 0.4) is 0 Å². The van der Waals surface area contributed by atoms with Gasteiger partial charge in [-0.2, -0.15) is 0 Å². The minimum absolute atomic E-state index is 0.00868. The summed E-state index contributed by atoms with van der Waals surface area (Å²) in [6.45, 7) is 8.91. The number of carboxylic acids is 1. The molecule has 6 heteroatoms. The fourth-order valence-electron chi connectivity index (χ4n) is 3.63. The second-order valence-electron chi connectivity index (χ2n) is 7.38. The van der Waals surface area contributed by atoms with E-state index in [0.29, 0.717) is 6.54 Å². The predicted molar refractivity (Wildman–Crippen MR) is 102 cm³/mol. The minimum Gasteiger partial charge on any atom is -0.480 e. The Kier molecular flexibility index (Phi) is 6.64. The van der Waals surface area contributed by atoms with Gasteiger partial charge in [-0.15, -0.1) is 0 Å². The van der Waals surface area contributed by atoms with Gasteiger partial charge in [0.2, 0.25) is 0 Å². The van der Waals surface area contributed by atoms with Gasteiger partial charge in [0.25, 0.3) is 0 Å². The lowest BCUT2D eigenvalue weighted by molar-refractivity contribution is -0.139. The molecular formula is C20H31N3O3. The molecule has 0 saturated heterocycles. The molecule has 1 aromatic rings. The van der Waals surface area contributed by atoms with Crippen molar-refractivity contribution in [3.63, 3.8) is 0 Å². The highest BCUT2D eigenvalue weighted by Crippen LogP contribution is 2.27. The fourth-order valence-corrected chi connectivity index (χ4v) is 3.63. The van der Waals surface area contributed by atoms with Crippen molar-refractivity contribution < 1.29 is 14.7 Å². The van der Waals surface area contributed by atoms with Crippen LogP contribution in [0.5, 0.6) is 0 Å². The SMILES string of the molecule is CCN(CC(=O)O)C1CC(NC(=O)N(C)C(C)c2ccc(C)cc2C)C1. The molecule has 0 bridgehead atoms. The maximum absolute atomic E-state index is 12.6. The zero-order valence-corrected chi connectivity index (χ0v) is 16.5. The van der Waals surface area contributed by atoms with Crippen molar-refractivity contribution in [3.8, 4) is 0 Å². The summed E-state index contributed by atoms with van der Waals surface area (Å²) >= 11 is 0. The molecule has 0 aliphatic heterocycles. The quantitative estimate of drug-likeness (QED) is 0.783. The molecule has 1 aliphatic carbocycles. The molecule has 1 aromatic carbocycles. The van der Waals surface area contributed by atoms with Crippen molar-refractivity contribution >= 4 is 12.0 Å². The van der Waals surface area contributed by atoms with Crippen molar-refractivity contribution in [1.82, 2.24) is 15.1 Å². The number of carboxylic acid groups (broad SMARTS) is 1. The van der Waals surface area contributed by atoms with Gasteiger partial charge in [0.05, 0.1) is 12.6 Å². The molecule has 0 heterocycles. The van der Waals surface area contributed by atoms with E-state index in [9.17, 15) is 9.59 Å². The lowest BCUT2D eigenvalue weighted by Crippen LogP contribution is -2.56. The van der Waals surface area contributed by atoms with Gasteiger partial charge in [0.1, 0.15) is 0 Å². The number of aliphatic carboxylic acids is 1. The van der Waals surface area contributed by atoms with Gasteiger partial charge in [-0.1, -0.05) is 30.7 Å². The number of benzene rings is 1. The first-order valence-electron chi connectivity index (χ1n) is 9.29. The Labute approximate surface area is 156 Å². The van der Waals surface area contributed by atoms with Gasteiger partial charge in [-0.3, -0.25) is 9.69 Å². The van der Waals surface area contributed by atoms with Crippen LogP contribution in [0.4, 0.5) is 4.79 Å². The normalized spacial score (nSPS) is 20.4. The third kappa shape index (κ3) is 4.75. The molecule has 1 unspecified atom stereocenters. The summed E-state index contributed by atoms with van der Waals surface area (Å²) in [6.07, 6.45) is 1.61. The highest BCUT2D eigenvalue weighted by molar-refractivity contribution is 5.75. The number of likely N-dealkylation sites (N-methyl/N-ethyl adjacent to an activating group) is 1. The highest BCUT2D eigenvalue weighted by atomic mass is 16.4. The molecule has 0 aromatic heterocycles. The molecule has 1 saturated carbocycles. The van der Waals surface area contributed by atoms with Crippen LogP contribution >= 0.6 is 0 Å². The number of urea groups is 1. The predicted octanol–water partition coefficient (Wildman–Crippen LogP) is 2.94. The number of hydrogen-bond acceptors (Lipinski definition) is 3. The Hall–Kier alpha value is -2.08. The summed E-state index contributed by atoms with van der Waals surface area (Å²) in [5.41, 5.74) is 3.55. The smallest absolute Gasteiger partial charge is 0.317 e. The van der Waals surface area contributed by atoms with E-state index < -0.39 is 5.97 Å². The largest absolute Gasteiger partial charge is 0.480 e. The maximum atomic E-state index is 12.6. The monoisotopic (exact) mass is 361 g/mol. The number of rotatable bonds is 7. The zero-order chi connectivity index (χ0) is 19.4. The molecule has 2 N–H and O–H groups in total. The maximum Gasteiger partial charge on any atom is 0.317 e. The van der Waals surface area contributed by atoms with Crippen molar-refractivity contribution in [3.05, 3.63) is 34.9 Å². The lowest BCUT2D eigenvalue weighted by Gasteiger charge is -2.43. The average molecular weight is 361 g/mol. The van der Waals surface area contributed by atoms with Gasteiger partial charge in [-0.25, -0.2) is 4.79 Å². The van der Waals surface area contributed by atoms with Crippen LogP contribution < -0.4 is 5.32 Å². The first-order chi connectivity index (χ1) is 12.2. The van der Waals surface area contributed by atoms with Gasteiger partial charge < -0.3 is 15.3 Å². The topological polar surface area (TPSA) is 72.9 Å². The number of nitrogens with one attached hydrogen (secondary N) is 1. The van der Waals surface area contributed by atoms with Crippen LogP contribution in [0.1, 0.15) is 49.4 Å². The molecule has 6 nitrogen and oxygen atoms in total. The van der Waals surface area contributed by atoms with Crippen LogP contribution in [0, 0.1) is 13.8 Å². The molecule has 0 spiro atoms. The minimum atomic E-state index is -0.804. The number of amides is 2. The molecule has 2 rings (SSSR count). The standard InChI is InChI=1S/C20H31N3O3/c1-6-23(12-19(24)25)17-10-16(11-17)21-20(26)22(5)15(4)18-8-7-13(2)9-14(18)3/h7-9,15-17H,6,10-12H2,1-5H3,(H,21,26)(H,24,25). The average Bonchev–Trinajstić information content (AvgIpc) is 2.54. The van der Waals surface area contributed by atoms with E-state index in [2.05, 4.69) is 37.4 Å². The van der Waals surface area contributed by atoms with Gasteiger partial charge in [0, 0.05) is 19.1 Å². The van der Waals surface area contributed by atoms with Gasteiger partial charge in [0.15, 0.2) is 0 Å². The van der Waals surface area contributed by atoms with Crippen LogP contribution in [0.2, 0.25) is 0 Å². The number of carbonyl (C=O) groups excluding carboxylic acids is 1. The number of nitrogens with zero attached hydrogens (tertiary/aromatic N) is 2. The number of carbonyl (C=O) groups is 2. The fraction of sp³-hybridized carbons (Fsp3) is 0.600. The van der Waals surface area contributed by atoms with E-state index in [0.717, 1.165) is 18.4 Å². The third-order valence-corrected chi connectivity index (χ3v) is 5.48. The summed E-state index contributed by atoms with van der Waals surface area (Å²) in [4.78, 5) is 27.2. The Morgan fingerprint density at radius 3 is 2.50 bits per heavy atom. The van der Waals surface area contributed by atoms with Crippen molar-refractivity contribution in [2.24, 2.45) is 0 Å². The third-order valence-electron chi connectivity index (χ3n) is 5.48. The van der Waals surface area contributed by atoms with Crippen LogP contribution in [0.15, 0.2) is 18.2 Å². The van der Waals surface area contributed by atoms with Crippen molar-refractivity contribution in [1.29, 1.82) is 0 Å². The summed E-state index contributed by atoms with van der Waals surface area (Å²) in [6, 6.07) is 6.56. The Morgan fingerprint density at radius 1 is 1.31 bits per heavy atom. The van der Waals surface area contributed by atoms with Gasteiger partial charge >= 0.3 is 12.0 Å². The molecule has 1 fully saturated rings. The second-order valence-corrected chi connectivity index (χ2v) is 7.38. The van der Waals surface area contributed by atoms with Gasteiger partial charge in [-0.05, 0) is 51.3 Å². The second kappa shape index (κ2) is 8.54. The van der Waals surface area contributed by atoms with E-state index >= 15 is 0 Å². The van der Waals surface area contributed by atoms with E-state index in [4.69, 9.17) is 5.11 Å². The lowest BCUT2D eigenvalue weighted by atomic mass is 9.85. The number of hydrogen-bond donors (Lipinski definition) is 2. The molecule has 2 amide bonds. The van der Waals surface area contributed by atoms with Crippen LogP contribution in [-0.2, 0) is 4.79 Å². The summed E-state index contributed by atoms with van der Waals surface area (Å²) in [7, 11) is 1.82. The molecule has 26 heavy (non-hydrogen) atoms. The van der Waals surface area contributed by atoms with Crippen LogP contribution in [-0.4, -0.2) is 59.1 Å². The highest BCUT2D eigenvalue weighted by Gasteiger charge is 2.35. The first-order valence-corrected chi connectivity index (χ1v) is 9.29. The van der Waals surface area contributed by atoms with E-state index in [1.165, 1.54) is 11.1 Å². The molecule has 144 valence electrons. The molecular weight excluding hydrogens is 330 g/mol. The Morgan fingerprint density at radius 2 is 1.96 bits per heavy atom. The molecule has 1 aliphatic rings. The molecule has 1 atom stereocenters. The molecule has 0 radical (unpaired) electrons. The van der Waals surface area contributed by atoms with Crippen LogP contribution in [0.25, 0.3) is 0 Å².